The second-order valence-electron chi connectivity index (χ2n) is 9.58. The maximum atomic E-state index is 13.4. The molecule has 2 rings (SSSR count). The summed E-state index contributed by atoms with van der Waals surface area (Å²) in [5.74, 6) is -1.35. The number of esters is 1. The third-order valence-electron chi connectivity index (χ3n) is 6.19. The van der Waals surface area contributed by atoms with Crippen molar-refractivity contribution in [1.29, 1.82) is 0 Å². The summed E-state index contributed by atoms with van der Waals surface area (Å²) in [7, 11) is 0. The fraction of sp³-hybridized carbons (Fsp3) is 0.467. The Bertz CT molecular complexity index is 1040. The minimum atomic E-state index is -0.832. The van der Waals surface area contributed by atoms with Crippen molar-refractivity contribution in [3.8, 4) is 0 Å². The Labute approximate surface area is 231 Å². The second kappa shape index (κ2) is 17.7. The van der Waals surface area contributed by atoms with Gasteiger partial charge < -0.3 is 26.4 Å². The van der Waals surface area contributed by atoms with Crippen LogP contribution < -0.4 is 21.7 Å². The third kappa shape index (κ3) is 12.6. The predicted molar refractivity (Wildman–Crippen MR) is 152 cm³/mol. The quantitative estimate of drug-likeness (QED) is 0.179. The van der Waals surface area contributed by atoms with E-state index in [0.717, 1.165) is 36.8 Å². The summed E-state index contributed by atoms with van der Waals surface area (Å²) in [5.41, 5.74) is 7.91. The van der Waals surface area contributed by atoms with Gasteiger partial charge in [-0.2, -0.15) is 0 Å². The van der Waals surface area contributed by atoms with Gasteiger partial charge in [0.05, 0.1) is 0 Å². The lowest BCUT2D eigenvalue weighted by Crippen LogP contribution is -2.53. The van der Waals surface area contributed by atoms with Crippen LogP contribution in [0.3, 0.4) is 0 Å². The molecule has 0 aliphatic carbocycles. The van der Waals surface area contributed by atoms with Crippen molar-refractivity contribution in [3.05, 3.63) is 65.7 Å². The largest absolute Gasteiger partial charge is 0.461 e. The maximum absolute atomic E-state index is 13.4. The summed E-state index contributed by atoms with van der Waals surface area (Å²) in [4.78, 5) is 50.2. The number of carbonyl (C=O) groups excluding carboxylic acids is 4. The summed E-state index contributed by atoms with van der Waals surface area (Å²) < 4.78 is 4.98. The zero-order valence-electron chi connectivity index (χ0n) is 23.0. The van der Waals surface area contributed by atoms with E-state index in [1.165, 1.54) is 6.92 Å². The SMILES string of the molecule is CCCCCCC(=O)NC(Cc1ccccc1)C(=O)N[C@@H](CCCN)C(=O)Nc1ccc(COC(C)=O)cc1. The van der Waals surface area contributed by atoms with Crippen molar-refractivity contribution >= 4 is 29.4 Å². The molecule has 2 atom stereocenters. The first-order valence-corrected chi connectivity index (χ1v) is 13.7. The van der Waals surface area contributed by atoms with E-state index in [9.17, 15) is 19.2 Å². The van der Waals surface area contributed by atoms with E-state index in [0.29, 0.717) is 37.9 Å². The topological polar surface area (TPSA) is 140 Å². The highest BCUT2D eigenvalue weighted by atomic mass is 16.5. The first-order chi connectivity index (χ1) is 18.8. The molecule has 0 aromatic heterocycles. The summed E-state index contributed by atoms with van der Waals surface area (Å²) in [6, 6.07) is 14.7. The van der Waals surface area contributed by atoms with Crippen molar-refractivity contribution in [2.45, 2.75) is 83.9 Å². The molecule has 0 spiro atoms. The van der Waals surface area contributed by atoms with Gasteiger partial charge in [0.25, 0.3) is 0 Å². The summed E-state index contributed by atoms with van der Waals surface area (Å²) >= 11 is 0. The standard InChI is InChI=1S/C30H42N4O5/c1-3-4-5-9-14-28(36)33-27(20-23-11-7-6-8-12-23)30(38)34-26(13-10-19-31)29(37)32-25-17-15-24(16-18-25)21-39-22(2)35/h6-8,11-12,15-18,26-27H,3-5,9-10,13-14,19-21,31H2,1-2H3,(H,32,37)(H,33,36)(H,34,38)/t26-,27?/m0/s1. The van der Waals surface area contributed by atoms with Crippen molar-refractivity contribution in [1.82, 2.24) is 10.6 Å². The molecule has 9 heteroatoms. The van der Waals surface area contributed by atoms with Gasteiger partial charge in [-0.25, -0.2) is 0 Å². The first-order valence-electron chi connectivity index (χ1n) is 13.7. The Morgan fingerprint density at radius 3 is 2.18 bits per heavy atom. The monoisotopic (exact) mass is 538 g/mol. The van der Waals surface area contributed by atoms with Gasteiger partial charge in [-0.3, -0.25) is 19.2 Å². The Morgan fingerprint density at radius 2 is 1.54 bits per heavy atom. The molecule has 0 saturated heterocycles. The molecule has 2 aromatic rings. The minimum absolute atomic E-state index is 0.145. The zero-order chi connectivity index (χ0) is 28.5. The number of hydrogen-bond donors (Lipinski definition) is 4. The molecule has 0 aliphatic heterocycles. The van der Waals surface area contributed by atoms with E-state index in [4.69, 9.17) is 10.5 Å². The van der Waals surface area contributed by atoms with Gasteiger partial charge in [-0.05, 0) is 49.1 Å². The van der Waals surface area contributed by atoms with Crippen LogP contribution >= 0.6 is 0 Å². The molecule has 0 fully saturated rings. The number of unbranched alkanes of at least 4 members (excludes halogenated alkanes) is 3. The predicted octanol–water partition coefficient (Wildman–Crippen LogP) is 3.61. The summed E-state index contributed by atoms with van der Waals surface area (Å²) in [6.45, 7) is 3.96. The number of ether oxygens (including phenoxy) is 1. The highest BCUT2D eigenvalue weighted by Crippen LogP contribution is 2.13. The number of amides is 3. The van der Waals surface area contributed by atoms with Crippen LogP contribution in [0.25, 0.3) is 0 Å². The van der Waals surface area contributed by atoms with Crippen LogP contribution in [-0.4, -0.2) is 42.3 Å². The number of hydrogen-bond acceptors (Lipinski definition) is 6. The number of rotatable bonds is 17. The van der Waals surface area contributed by atoms with Gasteiger partial charge >= 0.3 is 5.97 Å². The van der Waals surface area contributed by atoms with E-state index in [1.807, 2.05) is 30.3 Å². The van der Waals surface area contributed by atoms with Crippen molar-refractivity contribution < 1.29 is 23.9 Å². The minimum Gasteiger partial charge on any atom is -0.461 e. The van der Waals surface area contributed by atoms with Gasteiger partial charge in [0.15, 0.2) is 0 Å². The lowest BCUT2D eigenvalue weighted by molar-refractivity contribution is -0.142. The van der Waals surface area contributed by atoms with Gasteiger partial charge in [-0.1, -0.05) is 68.7 Å². The number of nitrogens with two attached hydrogens (primary N) is 1. The Hall–Kier alpha value is -3.72. The van der Waals surface area contributed by atoms with E-state index in [-0.39, 0.29) is 24.4 Å². The highest BCUT2D eigenvalue weighted by Gasteiger charge is 2.27. The average molecular weight is 539 g/mol. The second-order valence-corrected chi connectivity index (χ2v) is 9.58. The molecule has 39 heavy (non-hydrogen) atoms. The van der Waals surface area contributed by atoms with E-state index in [1.54, 1.807) is 24.3 Å². The molecule has 0 heterocycles. The summed E-state index contributed by atoms with van der Waals surface area (Å²) in [6.07, 6.45) is 5.41. The molecule has 0 radical (unpaired) electrons. The summed E-state index contributed by atoms with van der Waals surface area (Å²) in [5, 5.41) is 8.54. The molecule has 1 unspecified atom stereocenters. The van der Waals surface area contributed by atoms with Crippen LogP contribution in [0.1, 0.15) is 69.9 Å². The number of benzene rings is 2. The Kier molecular flexibility index (Phi) is 14.3. The van der Waals surface area contributed by atoms with Gasteiger partial charge in [0.2, 0.25) is 17.7 Å². The smallest absolute Gasteiger partial charge is 0.302 e. The van der Waals surface area contributed by atoms with Crippen LogP contribution in [-0.2, 0) is 36.9 Å². The highest BCUT2D eigenvalue weighted by molar-refractivity contribution is 5.98. The third-order valence-corrected chi connectivity index (χ3v) is 6.19. The van der Waals surface area contributed by atoms with E-state index in [2.05, 4.69) is 22.9 Å². The fourth-order valence-corrected chi connectivity index (χ4v) is 4.00. The maximum Gasteiger partial charge on any atom is 0.302 e. The number of nitrogens with one attached hydrogen (secondary N) is 3. The zero-order valence-corrected chi connectivity index (χ0v) is 23.0. The van der Waals surface area contributed by atoms with E-state index < -0.39 is 18.0 Å². The van der Waals surface area contributed by atoms with Crippen LogP contribution in [0.2, 0.25) is 0 Å². The molecule has 0 aliphatic rings. The molecule has 3 amide bonds. The van der Waals surface area contributed by atoms with Crippen molar-refractivity contribution in [2.75, 3.05) is 11.9 Å². The molecule has 2 aromatic carbocycles. The van der Waals surface area contributed by atoms with Crippen LogP contribution in [0.4, 0.5) is 5.69 Å². The van der Waals surface area contributed by atoms with E-state index >= 15 is 0 Å². The molecule has 9 nitrogen and oxygen atoms in total. The molecule has 0 bridgehead atoms. The van der Waals surface area contributed by atoms with Crippen LogP contribution in [0.15, 0.2) is 54.6 Å². The van der Waals surface area contributed by atoms with Crippen LogP contribution in [0, 0.1) is 0 Å². The molecular weight excluding hydrogens is 496 g/mol. The van der Waals surface area contributed by atoms with Gasteiger partial charge in [-0.15, -0.1) is 0 Å². The number of carbonyl (C=O) groups is 4. The van der Waals surface area contributed by atoms with Crippen molar-refractivity contribution in [2.24, 2.45) is 5.73 Å². The normalized spacial score (nSPS) is 12.2. The average Bonchev–Trinajstić information content (AvgIpc) is 2.93. The van der Waals surface area contributed by atoms with Crippen LogP contribution in [0.5, 0.6) is 0 Å². The Morgan fingerprint density at radius 1 is 0.821 bits per heavy atom. The Balaban J connectivity index is 2.08. The van der Waals surface area contributed by atoms with Crippen molar-refractivity contribution in [3.63, 3.8) is 0 Å². The first kappa shape index (κ1) is 31.5. The molecule has 0 saturated carbocycles. The van der Waals surface area contributed by atoms with Gasteiger partial charge in [0.1, 0.15) is 18.7 Å². The lowest BCUT2D eigenvalue weighted by Gasteiger charge is -2.23. The molecular formula is C30H42N4O5. The van der Waals surface area contributed by atoms with Gasteiger partial charge in [0, 0.05) is 25.5 Å². The number of anilines is 1. The lowest BCUT2D eigenvalue weighted by atomic mass is 10.0. The molecule has 5 N–H and O–H groups in total. The molecule has 212 valence electrons. The fourth-order valence-electron chi connectivity index (χ4n) is 4.00.